The highest BCUT2D eigenvalue weighted by Crippen LogP contribution is 2.35. The lowest BCUT2D eigenvalue weighted by molar-refractivity contribution is -0.384. The normalized spacial score (nSPS) is 10.6. The first-order valence-corrected chi connectivity index (χ1v) is 8.95. The van der Waals surface area contributed by atoms with E-state index in [4.69, 9.17) is 10.5 Å². The number of non-ortho nitro benzene ring substituents is 1. The zero-order valence-corrected chi connectivity index (χ0v) is 15.8. The van der Waals surface area contributed by atoms with Gasteiger partial charge in [0.15, 0.2) is 6.61 Å². The first kappa shape index (κ1) is 19.2. The molecule has 2 heterocycles. The number of aromatic nitrogens is 1. The Morgan fingerprint density at radius 3 is 2.61 bits per heavy atom. The number of carbonyl (C=O) groups is 2. The van der Waals surface area contributed by atoms with Crippen LogP contribution in [0.5, 0.6) is 0 Å². The van der Waals surface area contributed by atoms with Gasteiger partial charge in [0.25, 0.3) is 11.6 Å². The van der Waals surface area contributed by atoms with Crippen molar-refractivity contribution in [3.8, 4) is 0 Å². The molecular weight excluding hydrogens is 384 g/mol. The van der Waals surface area contributed by atoms with Crippen molar-refractivity contribution >= 4 is 50.5 Å². The van der Waals surface area contributed by atoms with Crippen LogP contribution in [-0.4, -0.2) is 28.4 Å². The van der Waals surface area contributed by atoms with E-state index >= 15 is 0 Å². The van der Waals surface area contributed by atoms with Crippen LogP contribution in [0.25, 0.3) is 10.2 Å². The Bertz CT molecular complexity index is 1090. The van der Waals surface area contributed by atoms with Gasteiger partial charge in [0, 0.05) is 28.9 Å². The quantitative estimate of drug-likeness (QED) is 0.381. The smallest absolute Gasteiger partial charge is 0.351 e. The Kier molecular flexibility index (Phi) is 5.23. The summed E-state index contributed by atoms with van der Waals surface area (Å²) < 4.78 is 5.05. The number of hydrogen-bond acceptors (Lipinski definition) is 8. The predicted octanol–water partition coefficient (Wildman–Crippen LogP) is 3.20. The Balaban J connectivity index is 1.66. The zero-order valence-electron chi connectivity index (χ0n) is 15.0. The minimum atomic E-state index is -0.712. The molecule has 144 valence electrons. The standard InChI is InChI=1S/C18H16N4O5S/c1-9-7-10(2)20-17-14(9)15(19)16(28-17)18(24)27-8-13(23)21-11-3-5-12(6-4-11)22(25)26/h3-7H,8,19H2,1-2H3,(H,21,23). The largest absolute Gasteiger partial charge is 0.451 e. The van der Waals surface area contributed by atoms with Crippen LogP contribution in [-0.2, 0) is 9.53 Å². The fourth-order valence-corrected chi connectivity index (χ4v) is 3.79. The van der Waals surface area contributed by atoms with E-state index < -0.39 is 23.4 Å². The summed E-state index contributed by atoms with van der Waals surface area (Å²) in [4.78, 5) is 39.6. The lowest BCUT2D eigenvalue weighted by Crippen LogP contribution is -2.20. The van der Waals surface area contributed by atoms with Crippen molar-refractivity contribution in [2.45, 2.75) is 13.8 Å². The number of benzene rings is 1. The van der Waals surface area contributed by atoms with Crippen LogP contribution in [0.4, 0.5) is 17.1 Å². The van der Waals surface area contributed by atoms with E-state index in [0.29, 0.717) is 15.9 Å². The third kappa shape index (κ3) is 3.91. The summed E-state index contributed by atoms with van der Waals surface area (Å²) in [5.74, 6) is -1.29. The molecular formula is C18H16N4O5S. The van der Waals surface area contributed by atoms with Gasteiger partial charge in [0.1, 0.15) is 9.71 Å². The van der Waals surface area contributed by atoms with Crippen LogP contribution in [0.15, 0.2) is 30.3 Å². The summed E-state index contributed by atoms with van der Waals surface area (Å²) in [5, 5.41) is 13.8. The molecule has 0 aliphatic rings. The molecule has 0 saturated heterocycles. The molecule has 0 fully saturated rings. The predicted molar refractivity (Wildman–Crippen MR) is 106 cm³/mol. The van der Waals surface area contributed by atoms with Crippen molar-refractivity contribution in [2.75, 3.05) is 17.7 Å². The summed E-state index contributed by atoms with van der Waals surface area (Å²) >= 11 is 1.11. The van der Waals surface area contributed by atoms with E-state index in [1.54, 1.807) is 0 Å². The number of nitrogen functional groups attached to an aromatic ring is 1. The zero-order chi connectivity index (χ0) is 20.4. The number of nitrogens with one attached hydrogen (secondary N) is 1. The van der Waals surface area contributed by atoms with Crippen molar-refractivity contribution in [3.05, 3.63) is 56.6 Å². The number of nitro groups is 1. The molecule has 0 bridgehead atoms. The van der Waals surface area contributed by atoms with Gasteiger partial charge in [-0.15, -0.1) is 11.3 Å². The SMILES string of the molecule is Cc1cc(C)c2c(N)c(C(=O)OCC(=O)Nc3ccc([N+](=O)[O-])cc3)sc2n1. The number of nitro benzene ring substituents is 1. The number of fused-ring (bicyclic) bond motifs is 1. The second-order valence-corrected chi connectivity index (χ2v) is 7.03. The number of ether oxygens (including phenoxy) is 1. The van der Waals surface area contributed by atoms with E-state index in [9.17, 15) is 19.7 Å². The Hall–Kier alpha value is -3.53. The fourth-order valence-electron chi connectivity index (χ4n) is 2.68. The number of carbonyl (C=O) groups excluding carboxylic acids is 2. The molecule has 9 nitrogen and oxygen atoms in total. The van der Waals surface area contributed by atoms with E-state index in [1.807, 2.05) is 19.9 Å². The molecule has 0 aliphatic heterocycles. The van der Waals surface area contributed by atoms with Crippen LogP contribution in [0, 0.1) is 24.0 Å². The maximum atomic E-state index is 12.3. The molecule has 0 spiro atoms. The highest BCUT2D eigenvalue weighted by atomic mass is 32.1. The maximum Gasteiger partial charge on any atom is 0.351 e. The van der Waals surface area contributed by atoms with Gasteiger partial charge >= 0.3 is 5.97 Å². The molecule has 10 heteroatoms. The van der Waals surface area contributed by atoms with E-state index in [0.717, 1.165) is 22.6 Å². The lowest BCUT2D eigenvalue weighted by atomic mass is 10.1. The maximum absolute atomic E-state index is 12.3. The lowest BCUT2D eigenvalue weighted by Gasteiger charge is -2.06. The number of rotatable bonds is 5. The van der Waals surface area contributed by atoms with E-state index in [1.165, 1.54) is 24.3 Å². The molecule has 0 radical (unpaired) electrons. The first-order chi connectivity index (χ1) is 13.3. The van der Waals surface area contributed by atoms with Crippen LogP contribution >= 0.6 is 11.3 Å². The van der Waals surface area contributed by atoms with Gasteiger partial charge in [-0.3, -0.25) is 14.9 Å². The van der Waals surface area contributed by atoms with Gasteiger partial charge in [-0.2, -0.15) is 0 Å². The molecule has 3 rings (SSSR count). The van der Waals surface area contributed by atoms with Gasteiger partial charge < -0.3 is 15.8 Å². The number of thiophene rings is 1. The average molecular weight is 400 g/mol. The van der Waals surface area contributed by atoms with Crippen LogP contribution in [0.2, 0.25) is 0 Å². The molecule has 0 aliphatic carbocycles. The fraction of sp³-hybridized carbons (Fsp3) is 0.167. The van der Waals surface area contributed by atoms with Crippen LogP contribution < -0.4 is 11.1 Å². The number of anilines is 2. The second kappa shape index (κ2) is 7.61. The van der Waals surface area contributed by atoms with Crippen LogP contribution in [0.3, 0.4) is 0 Å². The molecule has 1 amide bonds. The molecule has 3 aromatic rings. The number of nitrogens with zero attached hydrogens (tertiary/aromatic N) is 2. The molecule has 2 aromatic heterocycles. The Morgan fingerprint density at radius 2 is 1.96 bits per heavy atom. The van der Waals surface area contributed by atoms with Gasteiger partial charge in [-0.05, 0) is 37.6 Å². The number of esters is 1. The molecule has 0 atom stereocenters. The van der Waals surface area contributed by atoms with Crippen molar-refractivity contribution < 1.29 is 19.2 Å². The number of nitrogens with two attached hydrogens (primary N) is 1. The monoisotopic (exact) mass is 400 g/mol. The van der Waals surface area contributed by atoms with Crippen molar-refractivity contribution in [1.29, 1.82) is 0 Å². The summed E-state index contributed by atoms with van der Waals surface area (Å²) in [6.07, 6.45) is 0. The summed E-state index contributed by atoms with van der Waals surface area (Å²) in [6, 6.07) is 7.17. The molecule has 0 unspecified atom stereocenters. The molecule has 1 aromatic carbocycles. The minimum Gasteiger partial charge on any atom is -0.451 e. The molecule has 0 saturated carbocycles. The summed E-state index contributed by atoms with van der Waals surface area (Å²) in [6.45, 7) is 3.21. The average Bonchev–Trinajstić information content (AvgIpc) is 2.96. The second-order valence-electron chi connectivity index (χ2n) is 6.03. The highest BCUT2D eigenvalue weighted by Gasteiger charge is 2.21. The number of amides is 1. The van der Waals surface area contributed by atoms with Crippen molar-refractivity contribution in [2.24, 2.45) is 0 Å². The van der Waals surface area contributed by atoms with Crippen molar-refractivity contribution in [3.63, 3.8) is 0 Å². The van der Waals surface area contributed by atoms with E-state index in [2.05, 4.69) is 10.3 Å². The molecule has 28 heavy (non-hydrogen) atoms. The van der Waals surface area contributed by atoms with Gasteiger partial charge in [0.05, 0.1) is 10.6 Å². The Morgan fingerprint density at radius 1 is 1.29 bits per heavy atom. The van der Waals surface area contributed by atoms with Gasteiger partial charge in [0.2, 0.25) is 0 Å². The third-order valence-corrected chi connectivity index (χ3v) is 4.99. The number of aryl methyl sites for hydroxylation is 2. The van der Waals surface area contributed by atoms with Gasteiger partial charge in [-0.25, -0.2) is 9.78 Å². The summed E-state index contributed by atoms with van der Waals surface area (Å²) in [7, 11) is 0. The summed E-state index contributed by atoms with van der Waals surface area (Å²) in [5.41, 5.74) is 8.34. The molecule has 3 N–H and O–H groups in total. The van der Waals surface area contributed by atoms with Crippen LogP contribution in [0.1, 0.15) is 20.9 Å². The van der Waals surface area contributed by atoms with Crippen molar-refractivity contribution in [1.82, 2.24) is 4.98 Å². The van der Waals surface area contributed by atoms with Gasteiger partial charge in [-0.1, -0.05) is 0 Å². The first-order valence-electron chi connectivity index (χ1n) is 8.14. The Labute approximate surface area is 163 Å². The number of pyridine rings is 1. The third-order valence-electron chi connectivity index (χ3n) is 3.91. The number of hydrogen-bond donors (Lipinski definition) is 2. The minimum absolute atomic E-state index is 0.0937. The van der Waals surface area contributed by atoms with E-state index in [-0.39, 0.29) is 16.3 Å². The topological polar surface area (TPSA) is 137 Å². The highest BCUT2D eigenvalue weighted by molar-refractivity contribution is 7.21.